The molecule has 0 bridgehead atoms. The summed E-state index contributed by atoms with van der Waals surface area (Å²) >= 11 is 5.25. The molecule has 0 unspecified atom stereocenters. The Morgan fingerprint density at radius 2 is 1.96 bits per heavy atom. The van der Waals surface area contributed by atoms with Crippen molar-refractivity contribution in [2.24, 2.45) is 0 Å². The van der Waals surface area contributed by atoms with E-state index in [1.807, 2.05) is 24.3 Å². The summed E-state index contributed by atoms with van der Waals surface area (Å²) in [5, 5.41) is 7.67. The zero-order valence-electron chi connectivity index (χ0n) is 15.2. The van der Waals surface area contributed by atoms with Crippen LogP contribution in [0, 0.1) is 0 Å². The van der Waals surface area contributed by atoms with Crippen LogP contribution in [-0.2, 0) is 19.5 Å². The molecular formula is C22H20BrN3OS. The molecule has 28 heavy (non-hydrogen) atoms. The number of thiophene rings is 1. The Hall–Kier alpha value is -2.15. The van der Waals surface area contributed by atoms with Gasteiger partial charge in [-0.25, -0.2) is 0 Å². The zero-order valence-corrected chi connectivity index (χ0v) is 17.6. The highest BCUT2D eigenvalue weighted by Crippen LogP contribution is 2.41. The van der Waals surface area contributed by atoms with Crippen molar-refractivity contribution in [3.05, 3.63) is 86.2 Å². The van der Waals surface area contributed by atoms with E-state index in [4.69, 9.17) is 0 Å². The second kappa shape index (κ2) is 7.35. The second-order valence-electron chi connectivity index (χ2n) is 7.26. The molecule has 4 nitrogen and oxygen atoms in total. The van der Waals surface area contributed by atoms with Crippen molar-refractivity contribution >= 4 is 38.2 Å². The predicted octanol–water partition coefficient (Wildman–Crippen LogP) is 4.92. The van der Waals surface area contributed by atoms with Gasteiger partial charge in [0.05, 0.1) is 5.56 Å². The second-order valence-corrected chi connectivity index (χ2v) is 9.28. The number of benzene rings is 2. The maximum Gasteiger partial charge on any atom is 0.256 e. The number of nitrogens with one attached hydrogen (secondary N) is 2. The Bertz CT molecular complexity index is 1030. The highest BCUT2D eigenvalue weighted by atomic mass is 79.9. The van der Waals surface area contributed by atoms with E-state index in [1.54, 1.807) is 11.3 Å². The molecule has 1 aromatic heterocycles. The standard InChI is InChI=1S/C22H20BrN3OS/c23-16-8-4-7-15(11-16)20-24-21(27)19-17-9-10-26(12-14-5-2-1-3-6-14)13-18(17)28-22(19)25-20/h1-8,11,20,25H,9-10,12-13H2,(H,24,27)/t20-/m0/s1. The van der Waals surface area contributed by atoms with E-state index in [-0.39, 0.29) is 12.1 Å². The van der Waals surface area contributed by atoms with Crippen LogP contribution in [0.15, 0.2) is 59.1 Å². The first-order chi connectivity index (χ1) is 13.7. The molecule has 1 amide bonds. The summed E-state index contributed by atoms with van der Waals surface area (Å²) in [6, 6.07) is 18.6. The van der Waals surface area contributed by atoms with Crippen LogP contribution >= 0.6 is 27.3 Å². The van der Waals surface area contributed by atoms with Gasteiger partial charge >= 0.3 is 0 Å². The Morgan fingerprint density at radius 1 is 1.11 bits per heavy atom. The summed E-state index contributed by atoms with van der Waals surface area (Å²) in [7, 11) is 0. The van der Waals surface area contributed by atoms with Gasteiger partial charge in [0.15, 0.2) is 0 Å². The van der Waals surface area contributed by atoms with Gasteiger partial charge in [-0.2, -0.15) is 0 Å². The van der Waals surface area contributed by atoms with Gasteiger partial charge in [0, 0.05) is 29.0 Å². The van der Waals surface area contributed by atoms with Crippen molar-refractivity contribution in [2.45, 2.75) is 25.7 Å². The molecule has 2 aliphatic rings. The maximum atomic E-state index is 12.9. The van der Waals surface area contributed by atoms with Crippen LogP contribution in [0.3, 0.4) is 0 Å². The number of hydrogen-bond acceptors (Lipinski definition) is 4. The van der Waals surface area contributed by atoms with E-state index in [2.05, 4.69) is 61.8 Å². The average molecular weight is 454 g/mol. The molecule has 6 heteroatoms. The summed E-state index contributed by atoms with van der Waals surface area (Å²) in [6.07, 6.45) is 0.725. The number of rotatable bonds is 3. The highest BCUT2D eigenvalue weighted by Gasteiger charge is 2.33. The molecule has 2 aliphatic heterocycles. The smallest absolute Gasteiger partial charge is 0.256 e. The number of carbonyl (C=O) groups is 1. The minimum atomic E-state index is -0.196. The lowest BCUT2D eigenvalue weighted by Crippen LogP contribution is -2.38. The molecule has 5 rings (SSSR count). The number of halogens is 1. The third-order valence-corrected chi connectivity index (χ3v) is 6.99. The number of fused-ring (bicyclic) bond motifs is 3. The van der Waals surface area contributed by atoms with E-state index in [0.717, 1.165) is 46.7 Å². The highest BCUT2D eigenvalue weighted by molar-refractivity contribution is 9.10. The molecule has 142 valence electrons. The normalized spacial score (nSPS) is 18.8. The van der Waals surface area contributed by atoms with Gasteiger partial charge in [-0.05, 0) is 35.2 Å². The van der Waals surface area contributed by atoms with Crippen LogP contribution in [0.25, 0.3) is 0 Å². The van der Waals surface area contributed by atoms with Crippen LogP contribution in [0.1, 0.15) is 38.1 Å². The molecule has 0 saturated heterocycles. The SMILES string of the molecule is O=C1N[C@H](c2cccc(Br)c2)Nc2sc3c(c21)CCN(Cc1ccccc1)C3. The first-order valence-electron chi connectivity index (χ1n) is 9.41. The predicted molar refractivity (Wildman–Crippen MR) is 117 cm³/mol. The quantitative estimate of drug-likeness (QED) is 0.591. The fourth-order valence-electron chi connectivity index (χ4n) is 4.00. The molecule has 3 aromatic rings. The zero-order chi connectivity index (χ0) is 19.1. The summed E-state index contributed by atoms with van der Waals surface area (Å²) in [6.45, 7) is 2.83. The van der Waals surface area contributed by atoms with Crippen LogP contribution in [0.2, 0.25) is 0 Å². The van der Waals surface area contributed by atoms with Gasteiger partial charge < -0.3 is 10.6 Å². The van der Waals surface area contributed by atoms with E-state index < -0.39 is 0 Å². The third kappa shape index (κ3) is 3.36. The Kier molecular flexibility index (Phi) is 4.70. The van der Waals surface area contributed by atoms with Gasteiger partial charge in [0.2, 0.25) is 0 Å². The van der Waals surface area contributed by atoms with Gasteiger partial charge in [-0.3, -0.25) is 9.69 Å². The Balaban J connectivity index is 1.39. The molecule has 0 fully saturated rings. The number of hydrogen-bond donors (Lipinski definition) is 2. The van der Waals surface area contributed by atoms with Crippen molar-refractivity contribution in [1.29, 1.82) is 0 Å². The van der Waals surface area contributed by atoms with Crippen molar-refractivity contribution < 1.29 is 4.79 Å². The number of anilines is 1. The van der Waals surface area contributed by atoms with Crippen molar-refractivity contribution in [1.82, 2.24) is 10.2 Å². The van der Waals surface area contributed by atoms with E-state index in [1.165, 1.54) is 16.0 Å². The molecule has 3 heterocycles. The lowest BCUT2D eigenvalue weighted by atomic mass is 10.00. The van der Waals surface area contributed by atoms with Crippen molar-refractivity contribution in [2.75, 3.05) is 11.9 Å². The molecule has 0 spiro atoms. The summed E-state index contributed by atoms with van der Waals surface area (Å²) in [5.74, 6) is 0.0349. The van der Waals surface area contributed by atoms with Crippen LogP contribution in [0.4, 0.5) is 5.00 Å². The number of carbonyl (C=O) groups excluding carboxylic acids is 1. The number of amides is 1. The largest absolute Gasteiger partial charge is 0.353 e. The third-order valence-electron chi connectivity index (χ3n) is 5.34. The van der Waals surface area contributed by atoms with E-state index >= 15 is 0 Å². The lowest BCUT2D eigenvalue weighted by Gasteiger charge is -2.28. The van der Waals surface area contributed by atoms with Gasteiger partial charge in [0.1, 0.15) is 11.2 Å². The minimum absolute atomic E-state index is 0.0349. The van der Waals surface area contributed by atoms with Crippen molar-refractivity contribution in [3.63, 3.8) is 0 Å². The average Bonchev–Trinajstić information content (AvgIpc) is 3.07. The minimum Gasteiger partial charge on any atom is -0.353 e. The van der Waals surface area contributed by atoms with Crippen LogP contribution in [-0.4, -0.2) is 17.4 Å². The molecule has 0 aliphatic carbocycles. The van der Waals surface area contributed by atoms with E-state index in [0.29, 0.717) is 0 Å². The fraction of sp³-hybridized carbons (Fsp3) is 0.227. The molecular weight excluding hydrogens is 434 g/mol. The van der Waals surface area contributed by atoms with Gasteiger partial charge in [-0.15, -0.1) is 11.3 Å². The van der Waals surface area contributed by atoms with Gasteiger partial charge in [0.25, 0.3) is 5.91 Å². The Morgan fingerprint density at radius 3 is 2.79 bits per heavy atom. The fourth-order valence-corrected chi connectivity index (χ4v) is 5.73. The number of nitrogens with zero attached hydrogens (tertiary/aromatic N) is 1. The molecule has 2 N–H and O–H groups in total. The first kappa shape index (κ1) is 17.9. The summed E-state index contributed by atoms with van der Waals surface area (Å²) < 4.78 is 1.01. The van der Waals surface area contributed by atoms with Crippen molar-refractivity contribution in [3.8, 4) is 0 Å². The maximum absolute atomic E-state index is 12.9. The molecule has 0 radical (unpaired) electrons. The van der Waals surface area contributed by atoms with Gasteiger partial charge in [-0.1, -0.05) is 58.4 Å². The monoisotopic (exact) mass is 453 g/mol. The molecule has 1 atom stereocenters. The summed E-state index contributed by atoms with van der Waals surface area (Å²) in [4.78, 5) is 16.7. The molecule has 0 saturated carbocycles. The summed E-state index contributed by atoms with van der Waals surface area (Å²) in [5.41, 5.74) is 4.45. The lowest BCUT2D eigenvalue weighted by molar-refractivity contribution is 0.0934. The first-order valence-corrected chi connectivity index (χ1v) is 11.0. The van der Waals surface area contributed by atoms with Crippen LogP contribution < -0.4 is 10.6 Å². The topological polar surface area (TPSA) is 44.4 Å². The molecule has 2 aromatic carbocycles. The Labute approximate surface area is 176 Å². The van der Waals surface area contributed by atoms with Crippen LogP contribution in [0.5, 0.6) is 0 Å². The van der Waals surface area contributed by atoms with E-state index in [9.17, 15) is 4.79 Å².